The maximum Gasteiger partial charge on any atom is 0.333 e. The molecule has 0 aromatic heterocycles. The van der Waals surface area contributed by atoms with Crippen molar-refractivity contribution >= 4 is 5.97 Å². The highest BCUT2D eigenvalue weighted by atomic mass is 19.1. The quantitative estimate of drug-likeness (QED) is 0.134. The highest BCUT2D eigenvalue weighted by molar-refractivity contribution is 5.86. The molecule has 0 amide bonds. The van der Waals surface area contributed by atoms with E-state index in [4.69, 9.17) is 19.6 Å². The number of ether oxygens (including phenoxy) is 1. The lowest BCUT2D eigenvalue weighted by Gasteiger charge is -2.39. The Hall–Kier alpha value is -1.40. The first-order valence-corrected chi connectivity index (χ1v) is 11.9. The molecule has 0 spiro atoms. The number of rotatable bonds is 13. The molecule has 178 valence electrons. The van der Waals surface area contributed by atoms with Crippen LogP contribution in [0.2, 0.25) is 0 Å². The molecule has 6 heteroatoms. The van der Waals surface area contributed by atoms with Gasteiger partial charge < -0.3 is 14.7 Å². The lowest BCUT2D eigenvalue weighted by atomic mass is 9.67. The molecule has 2 aliphatic rings. The molecule has 5 nitrogen and oxygen atoms in total. The van der Waals surface area contributed by atoms with Gasteiger partial charge in [-0.2, -0.15) is 4.89 Å². The molecule has 1 atom stereocenters. The molecule has 1 unspecified atom stereocenters. The SMILES string of the molecule is C=C(CO)OOCC(COC(=O)C(=C)C)C1CCC(C2CCC(CCCF)CC2)CC1. The van der Waals surface area contributed by atoms with Crippen molar-refractivity contribution in [3.05, 3.63) is 24.5 Å². The normalized spacial score (nSPS) is 27.3. The Bertz CT molecular complexity index is 562. The molecule has 31 heavy (non-hydrogen) atoms. The average Bonchev–Trinajstić information content (AvgIpc) is 2.79. The van der Waals surface area contributed by atoms with E-state index >= 15 is 0 Å². The minimum absolute atomic E-state index is 0.0344. The summed E-state index contributed by atoms with van der Waals surface area (Å²) in [6.45, 7) is 8.91. The van der Waals surface area contributed by atoms with Crippen LogP contribution in [0.1, 0.15) is 71.1 Å². The Balaban J connectivity index is 1.80. The predicted molar refractivity (Wildman–Crippen MR) is 119 cm³/mol. The average molecular weight is 441 g/mol. The zero-order valence-corrected chi connectivity index (χ0v) is 19.2. The summed E-state index contributed by atoms with van der Waals surface area (Å²) in [6, 6.07) is 0. The van der Waals surface area contributed by atoms with Crippen molar-refractivity contribution in [1.29, 1.82) is 0 Å². The van der Waals surface area contributed by atoms with Crippen molar-refractivity contribution in [1.82, 2.24) is 0 Å². The van der Waals surface area contributed by atoms with Crippen LogP contribution in [0.25, 0.3) is 0 Å². The van der Waals surface area contributed by atoms with Crippen LogP contribution in [-0.4, -0.2) is 37.6 Å². The van der Waals surface area contributed by atoms with Gasteiger partial charge in [0.25, 0.3) is 0 Å². The first kappa shape index (κ1) is 25.9. The Morgan fingerprint density at radius 2 is 1.65 bits per heavy atom. The van der Waals surface area contributed by atoms with Gasteiger partial charge >= 0.3 is 5.97 Å². The molecule has 0 radical (unpaired) electrons. The Morgan fingerprint density at radius 1 is 1.03 bits per heavy atom. The maximum atomic E-state index is 12.4. The van der Waals surface area contributed by atoms with Crippen LogP contribution in [0.5, 0.6) is 0 Å². The fraction of sp³-hybridized carbons (Fsp3) is 0.800. The third kappa shape index (κ3) is 8.93. The van der Waals surface area contributed by atoms with Gasteiger partial charge in [0.15, 0.2) is 5.76 Å². The molecule has 2 rings (SSSR count). The van der Waals surface area contributed by atoms with E-state index in [1.54, 1.807) is 6.92 Å². The monoisotopic (exact) mass is 440 g/mol. The van der Waals surface area contributed by atoms with Gasteiger partial charge in [-0.15, -0.1) is 0 Å². The maximum absolute atomic E-state index is 12.4. The predicted octanol–water partition coefficient (Wildman–Crippen LogP) is 5.54. The van der Waals surface area contributed by atoms with Crippen LogP contribution in [0, 0.1) is 29.6 Å². The van der Waals surface area contributed by atoms with Crippen LogP contribution < -0.4 is 0 Å². The van der Waals surface area contributed by atoms with Crippen molar-refractivity contribution in [2.45, 2.75) is 71.1 Å². The van der Waals surface area contributed by atoms with Crippen molar-refractivity contribution in [3.8, 4) is 0 Å². The van der Waals surface area contributed by atoms with Gasteiger partial charge in [-0.25, -0.2) is 4.79 Å². The van der Waals surface area contributed by atoms with Crippen molar-refractivity contribution < 1.29 is 28.8 Å². The fourth-order valence-corrected chi connectivity index (χ4v) is 5.26. The first-order chi connectivity index (χ1) is 14.9. The van der Waals surface area contributed by atoms with E-state index in [0.717, 1.165) is 43.4 Å². The molecule has 0 heterocycles. The standard InChI is InChI=1S/C25H41FO5/c1-18(2)25(28)29-16-24(17-30-31-19(3)15-27)23-12-10-22(11-13-23)21-8-6-20(7-9-21)5-4-14-26/h20-24,27H,1,3-17H2,2H3. The molecule has 2 aliphatic carbocycles. The Labute approximate surface area is 186 Å². The third-order valence-electron chi connectivity index (χ3n) is 7.20. The van der Waals surface area contributed by atoms with Crippen LogP contribution >= 0.6 is 0 Å². The molecule has 0 saturated heterocycles. The van der Waals surface area contributed by atoms with Crippen LogP contribution in [0.3, 0.4) is 0 Å². The lowest BCUT2D eigenvalue weighted by molar-refractivity contribution is -0.278. The number of hydrogen-bond acceptors (Lipinski definition) is 5. The number of aliphatic hydroxyl groups is 1. The molecular weight excluding hydrogens is 399 g/mol. The largest absolute Gasteiger partial charge is 0.462 e. The summed E-state index contributed by atoms with van der Waals surface area (Å²) in [7, 11) is 0. The van der Waals surface area contributed by atoms with Gasteiger partial charge in [0.05, 0.1) is 13.3 Å². The highest BCUT2D eigenvalue weighted by Gasteiger charge is 2.34. The summed E-state index contributed by atoms with van der Waals surface area (Å²) < 4.78 is 17.8. The molecule has 0 bridgehead atoms. The molecular formula is C25H41FO5. The third-order valence-corrected chi connectivity index (χ3v) is 7.20. The van der Waals surface area contributed by atoms with Gasteiger partial charge in [-0.3, -0.25) is 4.39 Å². The summed E-state index contributed by atoms with van der Waals surface area (Å²) in [4.78, 5) is 22.1. The molecule has 0 aromatic carbocycles. The number of esters is 1. The zero-order chi connectivity index (χ0) is 22.6. The molecule has 2 fully saturated rings. The summed E-state index contributed by atoms with van der Waals surface area (Å²) in [5, 5.41) is 9.00. The van der Waals surface area contributed by atoms with Crippen LogP contribution in [-0.2, 0) is 19.3 Å². The molecule has 0 aliphatic heterocycles. The van der Waals surface area contributed by atoms with E-state index in [-0.39, 0.29) is 44.1 Å². The molecule has 2 saturated carbocycles. The van der Waals surface area contributed by atoms with Crippen molar-refractivity contribution in [2.75, 3.05) is 26.5 Å². The lowest BCUT2D eigenvalue weighted by Crippen LogP contribution is -2.32. The minimum Gasteiger partial charge on any atom is -0.462 e. The fourth-order valence-electron chi connectivity index (χ4n) is 5.26. The smallest absolute Gasteiger partial charge is 0.333 e. The van der Waals surface area contributed by atoms with E-state index in [1.165, 1.54) is 38.5 Å². The summed E-state index contributed by atoms with van der Waals surface area (Å²) in [5.41, 5.74) is 0.385. The topological polar surface area (TPSA) is 65.0 Å². The number of carbonyl (C=O) groups is 1. The van der Waals surface area contributed by atoms with E-state index < -0.39 is 0 Å². The van der Waals surface area contributed by atoms with E-state index in [1.807, 2.05) is 0 Å². The van der Waals surface area contributed by atoms with Crippen molar-refractivity contribution in [3.63, 3.8) is 0 Å². The van der Waals surface area contributed by atoms with Crippen LogP contribution in [0.15, 0.2) is 24.5 Å². The van der Waals surface area contributed by atoms with Gasteiger partial charge in [0, 0.05) is 11.5 Å². The van der Waals surface area contributed by atoms with E-state index in [2.05, 4.69) is 13.2 Å². The van der Waals surface area contributed by atoms with Crippen LogP contribution in [0.4, 0.5) is 4.39 Å². The van der Waals surface area contributed by atoms with Gasteiger partial charge in [0.2, 0.25) is 0 Å². The summed E-state index contributed by atoms with van der Waals surface area (Å²) in [5.74, 6) is 2.50. The molecule has 0 aromatic rings. The van der Waals surface area contributed by atoms with Gasteiger partial charge in [-0.1, -0.05) is 26.0 Å². The van der Waals surface area contributed by atoms with Gasteiger partial charge in [0.1, 0.15) is 13.2 Å². The van der Waals surface area contributed by atoms with E-state index in [9.17, 15) is 9.18 Å². The van der Waals surface area contributed by atoms with Gasteiger partial charge in [-0.05, 0) is 82.0 Å². The Morgan fingerprint density at radius 3 is 2.19 bits per heavy atom. The minimum atomic E-state index is -0.385. The second kappa shape index (κ2) is 13.9. The second-order valence-corrected chi connectivity index (χ2v) is 9.49. The number of aliphatic hydroxyl groups excluding tert-OH is 1. The van der Waals surface area contributed by atoms with E-state index in [0.29, 0.717) is 11.5 Å². The first-order valence-electron chi connectivity index (χ1n) is 11.9. The summed E-state index contributed by atoms with van der Waals surface area (Å²) >= 11 is 0. The summed E-state index contributed by atoms with van der Waals surface area (Å²) in [6.07, 6.45) is 11.4. The highest BCUT2D eigenvalue weighted by Crippen LogP contribution is 2.43. The second-order valence-electron chi connectivity index (χ2n) is 9.49. The zero-order valence-electron chi connectivity index (χ0n) is 19.2. The Kier molecular flexibility index (Phi) is 11.6. The number of alkyl halides is 1. The molecule has 1 N–H and O–H groups in total. The van der Waals surface area contributed by atoms with Crippen molar-refractivity contribution in [2.24, 2.45) is 29.6 Å². The number of hydrogen-bond donors (Lipinski definition) is 1. The number of carbonyl (C=O) groups excluding carboxylic acids is 1. The number of halogens is 1.